The Balaban J connectivity index is 2.98. The SMILES string of the molecule is Cc1cc(C)c(N(C)C(=O)CC(C)(C)CN)cc1C. The molecule has 0 bridgehead atoms. The minimum Gasteiger partial charge on any atom is -0.330 e. The molecule has 0 fully saturated rings. The molecule has 3 nitrogen and oxygen atoms in total. The fraction of sp³-hybridized carbons (Fsp3) is 0.562. The summed E-state index contributed by atoms with van der Waals surface area (Å²) < 4.78 is 0. The molecule has 1 aromatic carbocycles. The van der Waals surface area contributed by atoms with Gasteiger partial charge >= 0.3 is 0 Å². The molecule has 1 aromatic rings. The quantitative estimate of drug-likeness (QED) is 0.906. The predicted octanol–water partition coefficient (Wildman–Crippen LogP) is 2.95. The third kappa shape index (κ3) is 3.80. The number of carbonyl (C=O) groups is 1. The Labute approximate surface area is 116 Å². The third-order valence-electron chi connectivity index (χ3n) is 3.73. The summed E-state index contributed by atoms with van der Waals surface area (Å²) in [5.41, 5.74) is 10.1. The molecule has 106 valence electrons. The molecule has 0 spiro atoms. The molecule has 1 rings (SSSR count). The highest BCUT2D eigenvalue weighted by Crippen LogP contribution is 2.26. The van der Waals surface area contributed by atoms with Gasteiger partial charge < -0.3 is 10.6 Å². The molecule has 0 aromatic heterocycles. The number of aryl methyl sites for hydroxylation is 3. The Kier molecular flexibility index (Phi) is 4.75. The second kappa shape index (κ2) is 5.74. The number of anilines is 1. The topological polar surface area (TPSA) is 46.3 Å². The van der Waals surface area contributed by atoms with Crippen molar-refractivity contribution in [2.45, 2.75) is 41.0 Å². The molecule has 0 radical (unpaired) electrons. The summed E-state index contributed by atoms with van der Waals surface area (Å²) in [6, 6.07) is 4.21. The van der Waals surface area contributed by atoms with Crippen LogP contribution < -0.4 is 10.6 Å². The van der Waals surface area contributed by atoms with E-state index in [0.717, 1.165) is 11.3 Å². The van der Waals surface area contributed by atoms with Crippen LogP contribution in [0.25, 0.3) is 0 Å². The van der Waals surface area contributed by atoms with Crippen LogP contribution in [0.15, 0.2) is 12.1 Å². The third-order valence-corrected chi connectivity index (χ3v) is 3.73. The summed E-state index contributed by atoms with van der Waals surface area (Å²) in [4.78, 5) is 14.1. The van der Waals surface area contributed by atoms with Crippen molar-refractivity contribution in [3.63, 3.8) is 0 Å². The second-order valence-corrected chi connectivity index (χ2v) is 6.22. The van der Waals surface area contributed by atoms with Crippen LogP contribution in [0.1, 0.15) is 37.0 Å². The first-order chi connectivity index (χ1) is 8.68. The molecule has 0 unspecified atom stereocenters. The fourth-order valence-electron chi connectivity index (χ4n) is 2.04. The van der Waals surface area contributed by atoms with Gasteiger partial charge in [-0.2, -0.15) is 0 Å². The van der Waals surface area contributed by atoms with E-state index in [1.165, 1.54) is 11.1 Å². The lowest BCUT2D eigenvalue weighted by Gasteiger charge is -2.27. The van der Waals surface area contributed by atoms with Crippen LogP contribution in [0.2, 0.25) is 0 Å². The molecule has 0 heterocycles. The Morgan fingerprint density at radius 3 is 2.21 bits per heavy atom. The lowest BCUT2D eigenvalue weighted by atomic mass is 9.89. The Hall–Kier alpha value is -1.35. The maximum absolute atomic E-state index is 12.3. The Morgan fingerprint density at radius 1 is 1.16 bits per heavy atom. The standard InChI is InChI=1S/C16H26N2O/c1-11-7-13(3)14(8-12(11)2)18(6)15(19)9-16(4,5)10-17/h7-8H,9-10,17H2,1-6H3. The van der Waals surface area contributed by atoms with E-state index in [0.29, 0.717) is 13.0 Å². The van der Waals surface area contributed by atoms with Gasteiger partial charge in [0, 0.05) is 19.2 Å². The number of nitrogens with two attached hydrogens (primary N) is 1. The van der Waals surface area contributed by atoms with E-state index in [-0.39, 0.29) is 11.3 Å². The molecular formula is C16H26N2O. The van der Waals surface area contributed by atoms with Crippen LogP contribution in [-0.2, 0) is 4.79 Å². The average Bonchev–Trinajstić information content (AvgIpc) is 2.32. The van der Waals surface area contributed by atoms with E-state index >= 15 is 0 Å². The van der Waals surface area contributed by atoms with Crippen LogP contribution in [0.5, 0.6) is 0 Å². The summed E-state index contributed by atoms with van der Waals surface area (Å²) in [7, 11) is 1.84. The molecule has 1 amide bonds. The predicted molar refractivity (Wildman–Crippen MR) is 81.5 cm³/mol. The smallest absolute Gasteiger partial charge is 0.227 e. The van der Waals surface area contributed by atoms with Crippen molar-refractivity contribution in [3.8, 4) is 0 Å². The van der Waals surface area contributed by atoms with E-state index in [1.807, 2.05) is 27.8 Å². The molecule has 3 heteroatoms. The molecular weight excluding hydrogens is 236 g/mol. The van der Waals surface area contributed by atoms with Crippen LogP contribution in [0, 0.1) is 26.2 Å². The Morgan fingerprint density at radius 2 is 1.68 bits per heavy atom. The summed E-state index contributed by atoms with van der Waals surface area (Å²) in [5, 5.41) is 0. The summed E-state index contributed by atoms with van der Waals surface area (Å²) in [5.74, 6) is 0.113. The van der Waals surface area contributed by atoms with Crippen LogP contribution in [-0.4, -0.2) is 19.5 Å². The van der Waals surface area contributed by atoms with E-state index in [4.69, 9.17) is 5.73 Å². The van der Waals surface area contributed by atoms with Gasteiger partial charge in [0.1, 0.15) is 0 Å². The van der Waals surface area contributed by atoms with Crippen molar-refractivity contribution < 1.29 is 4.79 Å². The van der Waals surface area contributed by atoms with Gasteiger partial charge in [-0.1, -0.05) is 19.9 Å². The highest BCUT2D eigenvalue weighted by molar-refractivity contribution is 5.94. The maximum atomic E-state index is 12.3. The van der Waals surface area contributed by atoms with Gasteiger partial charge in [-0.15, -0.1) is 0 Å². The molecule has 0 saturated carbocycles. The number of benzene rings is 1. The van der Waals surface area contributed by atoms with Crippen LogP contribution >= 0.6 is 0 Å². The first-order valence-corrected chi connectivity index (χ1v) is 6.72. The molecule has 0 aliphatic rings. The van der Waals surface area contributed by atoms with Crippen LogP contribution in [0.4, 0.5) is 5.69 Å². The number of amides is 1. The summed E-state index contributed by atoms with van der Waals surface area (Å²) >= 11 is 0. The maximum Gasteiger partial charge on any atom is 0.227 e. The molecule has 0 aliphatic carbocycles. The second-order valence-electron chi connectivity index (χ2n) is 6.22. The molecule has 0 atom stereocenters. The molecule has 0 saturated heterocycles. The van der Waals surface area contributed by atoms with E-state index < -0.39 is 0 Å². The Bertz CT molecular complexity index is 478. The highest BCUT2D eigenvalue weighted by Gasteiger charge is 2.23. The lowest BCUT2D eigenvalue weighted by molar-refractivity contribution is -0.120. The zero-order valence-corrected chi connectivity index (χ0v) is 13.0. The van der Waals surface area contributed by atoms with E-state index in [2.05, 4.69) is 26.0 Å². The zero-order valence-electron chi connectivity index (χ0n) is 13.0. The van der Waals surface area contributed by atoms with Gasteiger partial charge in [0.2, 0.25) is 5.91 Å². The van der Waals surface area contributed by atoms with E-state index in [1.54, 1.807) is 4.90 Å². The summed E-state index contributed by atoms with van der Waals surface area (Å²) in [6.45, 7) is 10.8. The zero-order chi connectivity index (χ0) is 14.8. The van der Waals surface area contributed by atoms with Crippen molar-refractivity contribution in [2.24, 2.45) is 11.1 Å². The van der Waals surface area contributed by atoms with Crippen molar-refractivity contribution in [2.75, 3.05) is 18.5 Å². The average molecular weight is 262 g/mol. The van der Waals surface area contributed by atoms with Crippen molar-refractivity contribution in [1.29, 1.82) is 0 Å². The minimum absolute atomic E-state index is 0.113. The number of nitrogens with zero attached hydrogens (tertiary/aromatic N) is 1. The van der Waals surface area contributed by atoms with Crippen molar-refractivity contribution in [1.82, 2.24) is 0 Å². The monoisotopic (exact) mass is 262 g/mol. The molecule has 0 aliphatic heterocycles. The summed E-state index contributed by atoms with van der Waals surface area (Å²) in [6.07, 6.45) is 0.465. The number of carbonyl (C=O) groups excluding carboxylic acids is 1. The first-order valence-electron chi connectivity index (χ1n) is 6.72. The minimum atomic E-state index is -0.154. The number of rotatable bonds is 4. The molecule has 19 heavy (non-hydrogen) atoms. The highest BCUT2D eigenvalue weighted by atomic mass is 16.2. The molecule has 2 N–H and O–H groups in total. The van der Waals surface area contributed by atoms with Crippen LogP contribution in [0.3, 0.4) is 0 Å². The normalized spacial score (nSPS) is 11.5. The fourth-order valence-corrected chi connectivity index (χ4v) is 2.04. The largest absolute Gasteiger partial charge is 0.330 e. The van der Waals surface area contributed by atoms with Gasteiger partial charge in [-0.25, -0.2) is 0 Å². The van der Waals surface area contributed by atoms with Gasteiger partial charge in [0.15, 0.2) is 0 Å². The van der Waals surface area contributed by atoms with Gasteiger partial charge in [0.05, 0.1) is 0 Å². The van der Waals surface area contributed by atoms with Gasteiger partial charge in [-0.3, -0.25) is 4.79 Å². The van der Waals surface area contributed by atoms with Gasteiger partial charge in [0.25, 0.3) is 0 Å². The number of hydrogen-bond donors (Lipinski definition) is 1. The van der Waals surface area contributed by atoms with Crippen molar-refractivity contribution >= 4 is 11.6 Å². The first kappa shape index (κ1) is 15.7. The lowest BCUT2D eigenvalue weighted by Crippen LogP contribution is -2.34. The number of hydrogen-bond acceptors (Lipinski definition) is 2. The van der Waals surface area contributed by atoms with Gasteiger partial charge in [-0.05, 0) is 55.5 Å². The van der Waals surface area contributed by atoms with Crippen molar-refractivity contribution in [3.05, 3.63) is 28.8 Å². The van der Waals surface area contributed by atoms with E-state index in [9.17, 15) is 4.79 Å².